The lowest BCUT2D eigenvalue weighted by Crippen LogP contribution is -1.91. The van der Waals surface area contributed by atoms with Crippen molar-refractivity contribution in [2.24, 2.45) is 23.7 Å². The molecule has 0 unspecified atom stereocenters. The van der Waals surface area contributed by atoms with Crippen LogP contribution < -0.4 is 0 Å². The Labute approximate surface area is 113 Å². The summed E-state index contributed by atoms with van der Waals surface area (Å²) in [7, 11) is 0. The van der Waals surface area contributed by atoms with Crippen molar-refractivity contribution in [3.05, 3.63) is 0 Å². The van der Waals surface area contributed by atoms with Crippen molar-refractivity contribution in [1.82, 2.24) is 0 Å². The van der Waals surface area contributed by atoms with Crippen molar-refractivity contribution < 1.29 is 0 Å². The predicted octanol–water partition coefficient (Wildman–Crippen LogP) is 6.79. The summed E-state index contributed by atoms with van der Waals surface area (Å²) in [5.74, 6) is 3.55. The zero-order valence-electron chi connectivity index (χ0n) is 13.1. The zero-order chi connectivity index (χ0) is 13.1. The first-order valence-electron chi connectivity index (χ1n) is 7.25. The van der Waals surface area contributed by atoms with Gasteiger partial charge in [-0.05, 0) is 23.7 Å². The van der Waals surface area contributed by atoms with E-state index in [1.807, 2.05) is 0 Å². The van der Waals surface area contributed by atoms with Crippen LogP contribution in [-0.2, 0) is 0 Å². The maximum Gasteiger partial charge on any atom is -0.0471 e. The Balaban J connectivity index is -0.000000218. The summed E-state index contributed by atoms with van der Waals surface area (Å²) < 4.78 is 0. The third kappa shape index (κ3) is 31.4. The molecular weight excluding hydrogens is 204 g/mol. The average molecular weight is 245 g/mol. The van der Waals surface area contributed by atoms with Crippen LogP contribution in [0.3, 0.4) is 0 Å². The van der Waals surface area contributed by atoms with Crippen LogP contribution in [0.5, 0.6) is 0 Å². The molecule has 0 aromatic heterocycles. The van der Waals surface area contributed by atoms with Gasteiger partial charge < -0.3 is 0 Å². The lowest BCUT2D eigenvalue weighted by Gasteiger charge is -2.05. The highest BCUT2D eigenvalue weighted by Crippen LogP contribution is 2.10. The molecule has 0 rings (SSSR count). The van der Waals surface area contributed by atoms with Crippen LogP contribution in [0.4, 0.5) is 0 Å². The maximum absolute atomic E-state index is 2.28. The van der Waals surface area contributed by atoms with E-state index in [1.165, 1.54) is 25.7 Å². The van der Waals surface area contributed by atoms with E-state index in [0.717, 1.165) is 23.7 Å². The molecule has 0 aromatic carbocycles. The quantitative estimate of drug-likeness (QED) is 0.482. The van der Waals surface area contributed by atoms with Gasteiger partial charge in [0.25, 0.3) is 0 Å². The van der Waals surface area contributed by atoms with Gasteiger partial charge in [0.05, 0.1) is 0 Å². The molecule has 0 bridgehead atoms. The monoisotopic (exact) mass is 244 g/mol. The van der Waals surface area contributed by atoms with Crippen LogP contribution in [0.25, 0.3) is 0 Å². The van der Waals surface area contributed by atoms with Crippen LogP contribution in [0.1, 0.15) is 88.5 Å². The first-order chi connectivity index (χ1) is 7.25. The molecule has 0 heterocycles. The van der Waals surface area contributed by atoms with Gasteiger partial charge in [-0.25, -0.2) is 0 Å². The van der Waals surface area contributed by atoms with Gasteiger partial charge in [0, 0.05) is 0 Å². The first-order valence-corrected chi connectivity index (χ1v) is 7.25. The van der Waals surface area contributed by atoms with Gasteiger partial charge in [-0.1, -0.05) is 88.5 Å². The van der Waals surface area contributed by atoms with Gasteiger partial charge in [0.2, 0.25) is 0 Å². The molecule has 0 atom stereocenters. The largest absolute Gasteiger partial charge is 0.0776 e. The lowest BCUT2D eigenvalue weighted by molar-refractivity contribution is 0.476. The molecule has 0 saturated heterocycles. The Bertz CT molecular complexity index is 88.0. The molecule has 0 aliphatic heterocycles. The van der Waals surface area contributed by atoms with Crippen LogP contribution >= 0.6 is 0 Å². The first kappa shape index (κ1) is 22.2. The second-order valence-electron chi connectivity index (χ2n) is 6.73. The SMILES string of the molecule is C.CC(C)CCC(C)C.CC(C)CCC(C)C. The third-order valence-corrected chi connectivity index (χ3v) is 2.64. The predicted molar refractivity (Wildman–Crippen MR) is 84.6 cm³/mol. The highest BCUT2D eigenvalue weighted by molar-refractivity contribution is 4.49. The van der Waals surface area contributed by atoms with Gasteiger partial charge >= 0.3 is 0 Å². The fourth-order valence-electron chi connectivity index (χ4n) is 1.33. The summed E-state index contributed by atoms with van der Waals surface area (Å²) in [6.07, 6.45) is 5.55. The van der Waals surface area contributed by atoms with E-state index >= 15 is 0 Å². The minimum absolute atomic E-state index is 0. The molecule has 0 fully saturated rings. The van der Waals surface area contributed by atoms with Crippen molar-refractivity contribution in [2.45, 2.75) is 88.5 Å². The van der Waals surface area contributed by atoms with E-state index < -0.39 is 0 Å². The fourth-order valence-corrected chi connectivity index (χ4v) is 1.33. The lowest BCUT2D eigenvalue weighted by atomic mass is 10.0. The van der Waals surface area contributed by atoms with Crippen molar-refractivity contribution in [3.8, 4) is 0 Å². The minimum Gasteiger partial charge on any atom is -0.0776 e. The molecule has 0 aliphatic rings. The van der Waals surface area contributed by atoms with Gasteiger partial charge in [0.1, 0.15) is 0 Å². The van der Waals surface area contributed by atoms with Crippen LogP contribution in [0.15, 0.2) is 0 Å². The van der Waals surface area contributed by atoms with Gasteiger partial charge in [0.15, 0.2) is 0 Å². The molecule has 0 heteroatoms. The summed E-state index contributed by atoms with van der Waals surface area (Å²) in [6, 6.07) is 0. The van der Waals surface area contributed by atoms with E-state index in [2.05, 4.69) is 55.4 Å². The molecule has 0 nitrogen and oxygen atoms in total. The number of hydrogen-bond donors (Lipinski definition) is 0. The normalized spacial score (nSPS) is 10.6. The second-order valence-corrected chi connectivity index (χ2v) is 6.73. The van der Waals surface area contributed by atoms with E-state index in [4.69, 9.17) is 0 Å². The van der Waals surface area contributed by atoms with Crippen LogP contribution in [0.2, 0.25) is 0 Å². The highest BCUT2D eigenvalue weighted by atomic mass is 14.0. The Morgan fingerprint density at radius 1 is 0.412 bits per heavy atom. The third-order valence-electron chi connectivity index (χ3n) is 2.64. The van der Waals surface area contributed by atoms with Crippen molar-refractivity contribution in [2.75, 3.05) is 0 Å². The van der Waals surface area contributed by atoms with Gasteiger partial charge in [-0.15, -0.1) is 0 Å². The molecule has 0 saturated carbocycles. The second kappa shape index (κ2) is 14.1. The van der Waals surface area contributed by atoms with E-state index in [1.54, 1.807) is 0 Å². The van der Waals surface area contributed by atoms with Crippen molar-refractivity contribution >= 4 is 0 Å². The topological polar surface area (TPSA) is 0 Å². The maximum atomic E-state index is 2.28. The number of hydrogen-bond acceptors (Lipinski definition) is 0. The summed E-state index contributed by atoms with van der Waals surface area (Å²) in [5, 5.41) is 0. The van der Waals surface area contributed by atoms with E-state index in [0.29, 0.717) is 0 Å². The average Bonchev–Trinajstić information content (AvgIpc) is 2.12. The highest BCUT2D eigenvalue weighted by Gasteiger charge is 1.96. The summed E-state index contributed by atoms with van der Waals surface area (Å²) in [4.78, 5) is 0. The zero-order valence-corrected chi connectivity index (χ0v) is 13.1. The molecule has 17 heavy (non-hydrogen) atoms. The van der Waals surface area contributed by atoms with Crippen molar-refractivity contribution in [1.29, 1.82) is 0 Å². The molecular formula is C17H40. The van der Waals surface area contributed by atoms with Crippen LogP contribution in [-0.4, -0.2) is 0 Å². The fraction of sp³-hybridized carbons (Fsp3) is 1.00. The smallest absolute Gasteiger partial charge is 0.0471 e. The Hall–Kier alpha value is 0. The molecule has 0 amide bonds. The Morgan fingerprint density at radius 2 is 0.529 bits per heavy atom. The molecule has 108 valence electrons. The van der Waals surface area contributed by atoms with E-state index in [9.17, 15) is 0 Å². The van der Waals surface area contributed by atoms with E-state index in [-0.39, 0.29) is 7.43 Å². The molecule has 0 radical (unpaired) electrons. The molecule has 0 aliphatic carbocycles. The Kier molecular flexibility index (Phi) is 18.4. The molecule has 0 aromatic rings. The summed E-state index contributed by atoms with van der Waals surface area (Å²) in [5.41, 5.74) is 0. The van der Waals surface area contributed by atoms with Crippen molar-refractivity contribution in [3.63, 3.8) is 0 Å². The number of rotatable bonds is 6. The summed E-state index contributed by atoms with van der Waals surface area (Å²) in [6.45, 7) is 18.2. The van der Waals surface area contributed by atoms with Gasteiger partial charge in [-0.3, -0.25) is 0 Å². The summed E-state index contributed by atoms with van der Waals surface area (Å²) >= 11 is 0. The van der Waals surface area contributed by atoms with Gasteiger partial charge in [-0.2, -0.15) is 0 Å². The molecule has 0 spiro atoms. The Morgan fingerprint density at radius 3 is 0.588 bits per heavy atom. The standard InChI is InChI=1S/2C8H18.CH4/c2*1-7(2)5-6-8(3)4;/h2*7-8H,5-6H2,1-4H3;1H4. The van der Waals surface area contributed by atoms with Crippen LogP contribution in [0, 0.1) is 23.7 Å². The molecule has 0 N–H and O–H groups in total. The minimum atomic E-state index is 0.